The third-order valence-electron chi connectivity index (χ3n) is 6.79. The number of rotatable bonds is 4. The van der Waals surface area contributed by atoms with Gasteiger partial charge >= 0.3 is 6.09 Å². The number of hydrogen-bond acceptors (Lipinski definition) is 6. The molecule has 2 aromatic carbocycles. The van der Waals surface area contributed by atoms with Crippen molar-refractivity contribution >= 4 is 34.5 Å². The minimum Gasteiger partial charge on any atom is -0.444 e. The van der Waals surface area contributed by atoms with E-state index in [-0.39, 0.29) is 17.9 Å². The fourth-order valence-electron chi connectivity index (χ4n) is 5.16. The topological polar surface area (TPSA) is 107 Å². The number of piperidine rings is 1. The van der Waals surface area contributed by atoms with Gasteiger partial charge in [0.15, 0.2) is 0 Å². The van der Waals surface area contributed by atoms with Gasteiger partial charge in [0.2, 0.25) is 0 Å². The third kappa shape index (κ3) is 5.49. The summed E-state index contributed by atoms with van der Waals surface area (Å²) in [6.45, 7) is 8.22. The number of nitrogens with one attached hydrogen (secondary N) is 1. The van der Waals surface area contributed by atoms with E-state index in [1.54, 1.807) is 46.9 Å². The number of pyridine rings is 1. The molecular formula is C29H31ClN4O5. The van der Waals surface area contributed by atoms with Crippen molar-refractivity contribution < 1.29 is 18.8 Å². The molecule has 1 fully saturated rings. The lowest BCUT2D eigenvalue weighted by molar-refractivity contribution is 0.00511. The molecule has 0 aliphatic carbocycles. The van der Waals surface area contributed by atoms with Crippen LogP contribution in [0.3, 0.4) is 0 Å². The Labute approximate surface area is 231 Å². The molecule has 0 radical (unpaired) electrons. The van der Waals surface area contributed by atoms with Crippen molar-refractivity contribution in [2.75, 3.05) is 19.6 Å². The highest BCUT2D eigenvalue weighted by atomic mass is 35.5. The summed E-state index contributed by atoms with van der Waals surface area (Å²) in [4.78, 5) is 44.7. The smallest absolute Gasteiger partial charge is 0.410 e. The van der Waals surface area contributed by atoms with E-state index in [0.717, 1.165) is 0 Å². The minimum atomic E-state index is -0.672. The van der Waals surface area contributed by atoms with E-state index in [4.69, 9.17) is 20.9 Å². The molecule has 0 aromatic heterocycles. The van der Waals surface area contributed by atoms with Crippen molar-refractivity contribution in [3.05, 3.63) is 75.2 Å². The first kappa shape index (κ1) is 26.7. The Morgan fingerprint density at radius 2 is 1.87 bits per heavy atom. The predicted octanol–water partition coefficient (Wildman–Crippen LogP) is 5.28. The highest BCUT2D eigenvalue weighted by Crippen LogP contribution is 2.39. The van der Waals surface area contributed by atoms with Gasteiger partial charge in [-0.15, -0.1) is 0 Å². The molecule has 10 heteroatoms. The second-order valence-electron chi connectivity index (χ2n) is 11.0. The fraction of sp³-hybridized carbons (Fsp3) is 0.379. The van der Waals surface area contributed by atoms with Crippen LogP contribution in [0.4, 0.5) is 4.79 Å². The number of halogens is 1. The number of carbonyl (C=O) groups is 2. The number of nitrogens with zero attached hydrogens (tertiary/aromatic N) is 3. The Morgan fingerprint density at radius 3 is 2.59 bits per heavy atom. The van der Waals surface area contributed by atoms with Gasteiger partial charge in [0.25, 0.3) is 11.5 Å². The average molecular weight is 551 g/mol. The lowest BCUT2D eigenvalue weighted by Crippen LogP contribution is -2.49. The zero-order chi connectivity index (χ0) is 27.9. The summed E-state index contributed by atoms with van der Waals surface area (Å²) in [5.41, 5.74) is 0.879. The summed E-state index contributed by atoms with van der Waals surface area (Å²) < 4.78 is 13.5. The second-order valence-corrected chi connectivity index (χ2v) is 11.4. The van der Waals surface area contributed by atoms with Gasteiger partial charge in [-0.05, 0) is 64.3 Å². The van der Waals surface area contributed by atoms with E-state index in [1.807, 2.05) is 39.0 Å². The first-order chi connectivity index (χ1) is 18.5. The second kappa shape index (κ2) is 10.4. The van der Waals surface area contributed by atoms with Gasteiger partial charge < -0.3 is 19.5 Å². The zero-order valence-electron chi connectivity index (χ0n) is 22.4. The van der Waals surface area contributed by atoms with Crippen LogP contribution in [0.2, 0.25) is 5.02 Å². The molecule has 39 heavy (non-hydrogen) atoms. The van der Waals surface area contributed by atoms with Crippen molar-refractivity contribution in [1.82, 2.24) is 19.9 Å². The van der Waals surface area contributed by atoms with Gasteiger partial charge in [-0.25, -0.2) is 14.5 Å². The zero-order valence-corrected chi connectivity index (χ0v) is 23.1. The molecule has 0 bridgehead atoms. The van der Waals surface area contributed by atoms with Crippen molar-refractivity contribution in [3.8, 4) is 11.3 Å². The van der Waals surface area contributed by atoms with Crippen LogP contribution >= 0.6 is 11.6 Å². The van der Waals surface area contributed by atoms with Gasteiger partial charge in [-0.1, -0.05) is 35.9 Å². The molecule has 204 valence electrons. The molecule has 2 aromatic rings. The maximum Gasteiger partial charge on any atom is 0.410 e. The van der Waals surface area contributed by atoms with Crippen LogP contribution < -0.4 is 10.9 Å². The van der Waals surface area contributed by atoms with Crippen molar-refractivity contribution in [2.24, 2.45) is 5.92 Å². The molecule has 1 N–H and O–H groups in total. The molecule has 0 saturated carbocycles. The first-order valence-corrected chi connectivity index (χ1v) is 13.3. The molecule has 2 unspecified atom stereocenters. The lowest BCUT2D eigenvalue weighted by atomic mass is 9.93. The Bertz CT molecular complexity index is 1560. The summed E-state index contributed by atoms with van der Waals surface area (Å²) in [7, 11) is 0. The quantitative estimate of drug-likeness (QED) is 0.370. The Morgan fingerprint density at radius 1 is 1.13 bits per heavy atom. The maximum atomic E-state index is 13.2. The SMILES string of the molecule is Cc1on(C2CC(CNC(=O)c3ccccc3)CN(C(=O)OC(C)(C)C)C2)c2c3c(Cl)cccc3nc(=O)c1-2. The number of aryl methyl sites for hydroxylation is 1. The maximum absolute atomic E-state index is 13.2. The molecule has 3 aliphatic rings. The minimum absolute atomic E-state index is 0.104. The number of hydrogen-bond donors (Lipinski definition) is 1. The van der Waals surface area contributed by atoms with E-state index in [9.17, 15) is 14.4 Å². The van der Waals surface area contributed by atoms with Crippen LogP contribution in [0.5, 0.6) is 0 Å². The average Bonchev–Trinajstić information content (AvgIpc) is 3.24. The first-order valence-electron chi connectivity index (χ1n) is 12.9. The third-order valence-corrected chi connectivity index (χ3v) is 7.11. The molecule has 3 heterocycles. The lowest BCUT2D eigenvalue weighted by Gasteiger charge is -2.38. The summed E-state index contributed by atoms with van der Waals surface area (Å²) in [5.74, 6) is 0.133. The fourth-order valence-corrected chi connectivity index (χ4v) is 5.42. The van der Waals surface area contributed by atoms with Crippen LogP contribution in [0.1, 0.15) is 49.4 Å². The van der Waals surface area contributed by atoms with Gasteiger partial charge in [0.05, 0.1) is 16.6 Å². The predicted molar refractivity (Wildman–Crippen MR) is 148 cm³/mol. The molecule has 2 amide bonds. The van der Waals surface area contributed by atoms with E-state index in [1.165, 1.54) is 0 Å². The van der Waals surface area contributed by atoms with Crippen molar-refractivity contribution in [2.45, 2.75) is 45.8 Å². The molecule has 0 spiro atoms. The number of ether oxygens (including phenoxy) is 1. The number of likely N-dealkylation sites (tertiary alicyclic amines) is 1. The highest BCUT2D eigenvalue weighted by Gasteiger charge is 2.37. The Hall–Kier alpha value is -3.85. The monoisotopic (exact) mass is 550 g/mol. The highest BCUT2D eigenvalue weighted by molar-refractivity contribution is 6.36. The van der Waals surface area contributed by atoms with Gasteiger partial charge in [0.1, 0.15) is 22.6 Å². The normalized spacial score (nSPS) is 17.9. The molecule has 9 nitrogen and oxygen atoms in total. The van der Waals surface area contributed by atoms with Crippen LogP contribution in [0.15, 0.2) is 57.8 Å². The van der Waals surface area contributed by atoms with Crippen LogP contribution in [0.25, 0.3) is 22.2 Å². The Kier molecular flexibility index (Phi) is 7.11. The van der Waals surface area contributed by atoms with Crippen LogP contribution in [-0.4, -0.2) is 51.9 Å². The number of aromatic nitrogens is 2. The van der Waals surface area contributed by atoms with Crippen LogP contribution in [0, 0.1) is 12.8 Å². The summed E-state index contributed by atoms with van der Waals surface area (Å²) >= 11 is 6.60. The summed E-state index contributed by atoms with van der Waals surface area (Å²) in [5, 5.41) is 4.07. The summed E-state index contributed by atoms with van der Waals surface area (Å²) in [6.07, 6.45) is 0.137. The molecule has 1 saturated heterocycles. The van der Waals surface area contributed by atoms with Gasteiger partial charge in [0, 0.05) is 30.6 Å². The molecule has 3 aliphatic heterocycles. The van der Waals surface area contributed by atoms with Gasteiger partial charge in [-0.2, -0.15) is 0 Å². The standard InChI is InChI=1S/C29H31ClN4O5/c1-17-23-25(24-21(30)11-8-12-22(24)32-27(23)36)34(39-17)20-13-18(14-31-26(35)19-9-6-5-7-10-19)15-33(16-20)28(37)38-29(2,3)4/h5-12,18,20H,13-16H2,1-4H3,(H,31,35). The van der Waals surface area contributed by atoms with Crippen LogP contribution in [-0.2, 0) is 4.74 Å². The number of benzene rings is 2. The van der Waals surface area contributed by atoms with E-state index in [0.29, 0.717) is 64.6 Å². The number of fused-ring (bicyclic) bond motifs is 3. The van der Waals surface area contributed by atoms with E-state index >= 15 is 0 Å². The number of amides is 2. The van der Waals surface area contributed by atoms with Gasteiger partial charge in [-0.3, -0.25) is 9.59 Å². The Balaban J connectivity index is 1.51. The molecule has 2 atom stereocenters. The van der Waals surface area contributed by atoms with E-state index < -0.39 is 17.3 Å². The number of carbonyl (C=O) groups excluding carboxylic acids is 2. The molecule has 5 rings (SSSR count). The molecular weight excluding hydrogens is 520 g/mol. The largest absolute Gasteiger partial charge is 0.444 e. The summed E-state index contributed by atoms with van der Waals surface area (Å²) in [6, 6.07) is 13.9. The van der Waals surface area contributed by atoms with Crippen molar-refractivity contribution in [3.63, 3.8) is 0 Å². The van der Waals surface area contributed by atoms with E-state index in [2.05, 4.69) is 10.3 Å². The van der Waals surface area contributed by atoms with Crippen molar-refractivity contribution in [1.29, 1.82) is 0 Å².